The first-order valence-corrected chi connectivity index (χ1v) is 8.20. The van der Waals surface area contributed by atoms with E-state index in [2.05, 4.69) is 15.4 Å². The van der Waals surface area contributed by atoms with Gasteiger partial charge in [0.1, 0.15) is 0 Å². The number of carbonyl (C=O) groups is 1. The molecule has 3 aromatic rings. The number of hydrogen-bond donors (Lipinski definition) is 2. The molecule has 0 saturated heterocycles. The number of amides is 1. The maximum absolute atomic E-state index is 12.6. The van der Waals surface area contributed by atoms with Crippen molar-refractivity contribution in [3.63, 3.8) is 0 Å². The summed E-state index contributed by atoms with van der Waals surface area (Å²) in [4.78, 5) is 16.6. The molecule has 25 heavy (non-hydrogen) atoms. The van der Waals surface area contributed by atoms with Gasteiger partial charge in [-0.3, -0.25) is 9.78 Å². The second-order valence-corrected chi connectivity index (χ2v) is 5.65. The quantitative estimate of drug-likeness (QED) is 0.693. The molecule has 128 valence electrons. The Hall–Kier alpha value is -2.99. The van der Waals surface area contributed by atoms with Crippen molar-refractivity contribution < 1.29 is 9.90 Å². The number of nitrogens with one attached hydrogen (secondary N) is 1. The van der Waals surface area contributed by atoms with Crippen molar-refractivity contribution in [3.05, 3.63) is 77.9 Å². The summed E-state index contributed by atoms with van der Waals surface area (Å²) in [5.41, 5.74) is 3.03. The highest BCUT2D eigenvalue weighted by Gasteiger charge is 2.17. The Balaban J connectivity index is 1.80. The first-order valence-electron chi connectivity index (χ1n) is 8.20. The van der Waals surface area contributed by atoms with Crippen molar-refractivity contribution in [2.45, 2.75) is 19.4 Å². The monoisotopic (exact) mass is 336 g/mol. The third kappa shape index (κ3) is 4.30. The normalized spacial score (nSPS) is 10.6. The summed E-state index contributed by atoms with van der Waals surface area (Å²) in [6.45, 7) is 0.470. The van der Waals surface area contributed by atoms with E-state index in [-0.39, 0.29) is 12.5 Å². The fourth-order valence-electron chi connectivity index (χ4n) is 2.54. The molecule has 0 spiro atoms. The van der Waals surface area contributed by atoms with Gasteiger partial charge in [-0.05, 0) is 36.6 Å². The number of aliphatic hydroxyl groups is 1. The summed E-state index contributed by atoms with van der Waals surface area (Å²) in [5, 5.41) is 16.4. The SMILES string of the molecule is O=C(NCc1cccnc1)c1nn(-c2ccccc2)cc1CCCO. The lowest BCUT2D eigenvalue weighted by molar-refractivity contribution is 0.0944. The number of pyridine rings is 1. The molecule has 0 radical (unpaired) electrons. The van der Waals surface area contributed by atoms with Crippen LogP contribution in [0.3, 0.4) is 0 Å². The molecule has 1 amide bonds. The van der Waals surface area contributed by atoms with Gasteiger partial charge in [-0.15, -0.1) is 0 Å². The second kappa shape index (κ2) is 8.21. The van der Waals surface area contributed by atoms with Gasteiger partial charge >= 0.3 is 0 Å². The highest BCUT2D eigenvalue weighted by Crippen LogP contribution is 2.14. The van der Waals surface area contributed by atoms with Gasteiger partial charge in [0.05, 0.1) is 5.69 Å². The molecular weight excluding hydrogens is 316 g/mol. The molecule has 0 bridgehead atoms. The van der Waals surface area contributed by atoms with E-state index in [0.29, 0.717) is 25.1 Å². The molecule has 0 saturated carbocycles. The van der Waals surface area contributed by atoms with Crippen LogP contribution in [0.5, 0.6) is 0 Å². The smallest absolute Gasteiger partial charge is 0.272 e. The number of aryl methyl sites for hydroxylation is 1. The topological polar surface area (TPSA) is 80.0 Å². The van der Waals surface area contributed by atoms with Crippen LogP contribution in [-0.2, 0) is 13.0 Å². The Morgan fingerprint density at radius 1 is 1.16 bits per heavy atom. The average Bonchev–Trinajstić information content (AvgIpc) is 3.10. The Morgan fingerprint density at radius 3 is 2.72 bits per heavy atom. The zero-order valence-electron chi connectivity index (χ0n) is 13.8. The lowest BCUT2D eigenvalue weighted by Crippen LogP contribution is -2.24. The molecule has 1 aromatic carbocycles. The number of aromatic nitrogens is 3. The first-order chi connectivity index (χ1) is 12.3. The van der Waals surface area contributed by atoms with Crippen molar-refractivity contribution in [1.29, 1.82) is 0 Å². The maximum Gasteiger partial charge on any atom is 0.272 e. The fourth-order valence-corrected chi connectivity index (χ4v) is 2.54. The summed E-state index contributed by atoms with van der Waals surface area (Å²) in [6.07, 6.45) is 6.45. The predicted octanol–water partition coefficient (Wildman–Crippen LogP) is 2.12. The zero-order chi connectivity index (χ0) is 17.5. The molecule has 0 aliphatic heterocycles. The van der Waals surface area contributed by atoms with E-state index >= 15 is 0 Å². The number of benzene rings is 1. The van der Waals surface area contributed by atoms with E-state index in [1.807, 2.05) is 48.7 Å². The van der Waals surface area contributed by atoms with Gasteiger partial charge < -0.3 is 10.4 Å². The van der Waals surface area contributed by atoms with Crippen LogP contribution in [0.25, 0.3) is 5.69 Å². The van der Waals surface area contributed by atoms with E-state index < -0.39 is 0 Å². The van der Waals surface area contributed by atoms with Gasteiger partial charge in [-0.25, -0.2) is 4.68 Å². The van der Waals surface area contributed by atoms with Crippen LogP contribution in [0.1, 0.15) is 28.0 Å². The van der Waals surface area contributed by atoms with Crippen molar-refractivity contribution >= 4 is 5.91 Å². The minimum Gasteiger partial charge on any atom is -0.396 e. The highest BCUT2D eigenvalue weighted by atomic mass is 16.2. The molecule has 0 aliphatic rings. The Morgan fingerprint density at radius 2 is 2.00 bits per heavy atom. The van der Waals surface area contributed by atoms with Gasteiger partial charge in [0.15, 0.2) is 5.69 Å². The van der Waals surface area contributed by atoms with Crippen LogP contribution in [-0.4, -0.2) is 32.4 Å². The van der Waals surface area contributed by atoms with Gasteiger partial charge in [0.25, 0.3) is 5.91 Å². The molecular formula is C19H20N4O2. The minimum absolute atomic E-state index is 0.0766. The third-order valence-electron chi connectivity index (χ3n) is 3.81. The number of aliphatic hydroxyl groups excluding tert-OH is 1. The minimum atomic E-state index is -0.230. The van der Waals surface area contributed by atoms with Crippen molar-refractivity contribution in [2.75, 3.05) is 6.61 Å². The molecule has 0 atom stereocenters. The van der Waals surface area contributed by atoms with Crippen LogP contribution >= 0.6 is 0 Å². The van der Waals surface area contributed by atoms with Crippen LogP contribution < -0.4 is 5.32 Å². The van der Waals surface area contributed by atoms with Gasteiger partial charge in [-0.1, -0.05) is 24.3 Å². The van der Waals surface area contributed by atoms with Gasteiger partial charge in [-0.2, -0.15) is 5.10 Å². The number of hydrogen-bond acceptors (Lipinski definition) is 4. The summed E-state index contributed by atoms with van der Waals surface area (Å²) in [6, 6.07) is 13.4. The largest absolute Gasteiger partial charge is 0.396 e. The summed E-state index contributed by atoms with van der Waals surface area (Å²) in [7, 11) is 0. The highest BCUT2D eigenvalue weighted by molar-refractivity contribution is 5.93. The van der Waals surface area contributed by atoms with Crippen LogP contribution in [0.2, 0.25) is 0 Å². The van der Waals surface area contributed by atoms with Crippen molar-refractivity contribution in [1.82, 2.24) is 20.1 Å². The predicted molar refractivity (Wildman–Crippen MR) is 94.4 cm³/mol. The number of para-hydroxylation sites is 1. The molecule has 2 aromatic heterocycles. The maximum atomic E-state index is 12.6. The molecule has 6 heteroatoms. The summed E-state index contributed by atoms with van der Waals surface area (Å²) in [5.74, 6) is -0.230. The Labute approximate surface area is 146 Å². The first kappa shape index (κ1) is 16.9. The van der Waals surface area contributed by atoms with Crippen molar-refractivity contribution in [2.24, 2.45) is 0 Å². The second-order valence-electron chi connectivity index (χ2n) is 5.65. The Kier molecular flexibility index (Phi) is 5.53. The standard InChI is InChI=1S/C19H20N4O2/c24-11-5-7-16-14-23(17-8-2-1-3-9-17)22-18(16)19(25)21-13-15-6-4-10-20-12-15/h1-4,6,8-10,12,14,24H,5,7,11,13H2,(H,21,25). The number of rotatable bonds is 7. The van der Waals surface area contributed by atoms with E-state index in [1.165, 1.54) is 0 Å². The van der Waals surface area contributed by atoms with E-state index in [0.717, 1.165) is 16.8 Å². The zero-order valence-corrected chi connectivity index (χ0v) is 13.8. The van der Waals surface area contributed by atoms with Crippen molar-refractivity contribution in [3.8, 4) is 5.69 Å². The molecule has 2 N–H and O–H groups in total. The number of carbonyl (C=O) groups excluding carboxylic acids is 1. The van der Waals surface area contributed by atoms with E-state index in [1.54, 1.807) is 17.1 Å². The van der Waals surface area contributed by atoms with Crippen LogP contribution in [0.4, 0.5) is 0 Å². The lowest BCUT2D eigenvalue weighted by atomic mass is 10.1. The molecule has 0 unspecified atom stereocenters. The molecule has 3 rings (SSSR count). The van der Waals surface area contributed by atoms with Crippen LogP contribution in [0, 0.1) is 0 Å². The lowest BCUT2D eigenvalue weighted by Gasteiger charge is -2.04. The molecule has 6 nitrogen and oxygen atoms in total. The molecule has 2 heterocycles. The van der Waals surface area contributed by atoms with Gasteiger partial charge in [0.2, 0.25) is 0 Å². The average molecular weight is 336 g/mol. The summed E-state index contributed by atoms with van der Waals surface area (Å²) < 4.78 is 1.70. The molecule has 0 aliphatic carbocycles. The van der Waals surface area contributed by atoms with Crippen LogP contribution in [0.15, 0.2) is 61.1 Å². The van der Waals surface area contributed by atoms with E-state index in [4.69, 9.17) is 5.11 Å². The van der Waals surface area contributed by atoms with Gasteiger partial charge in [0, 0.05) is 37.3 Å². The third-order valence-corrected chi connectivity index (χ3v) is 3.81. The molecule has 0 fully saturated rings. The summed E-state index contributed by atoms with van der Waals surface area (Å²) >= 11 is 0. The number of nitrogens with zero attached hydrogens (tertiary/aromatic N) is 3. The van der Waals surface area contributed by atoms with E-state index in [9.17, 15) is 4.79 Å². The Bertz CT molecular complexity index is 816. The fraction of sp³-hybridized carbons (Fsp3) is 0.211.